The van der Waals surface area contributed by atoms with Gasteiger partial charge in [-0.3, -0.25) is 4.79 Å². The molecule has 2 aromatic rings. The van der Waals surface area contributed by atoms with Gasteiger partial charge in [0.2, 0.25) is 0 Å². The number of amides is 1. The minimum Gasteiger partial charge on any atom is -0.267 e. The Morgan fingerprint density at radius 1 is 1.10 bits per heavy atom. The minimum atomic E-state index is -0.320. The fraction of sp³-hybridized carbons (Fsp3) is 0.0667. The highest BCUT2D eigenvalue weighted by molar-refractivity contribution is 6.34. The summed E-state index contributed by atoms with van der Waals surface area (Å²) < 4.78 is 0. The molecule has 2 aromatic carbocycles. The van der Waals surface area contributed by atoms with E-state index in [4.69, 9.17) is 23.2 Å². The molecule has 1 N–H and O–H groups in total. The highest BCUT2D eigenvalue weighted by Crippen LogP contribution is 2.15. The second kappa shape index (κ2) is 6.55. The van der Waals surface area contributed by atoms with Crippen LogP contribution in [0.2, 0.25) is 10.0 Å². The Kier molecular flexibility index (Phi) is 4.77. The van der Waals surface area contributed by atoms with Crippen LogP contribution in [0.3, 0.4) is 0 Å². The molecule has 102 valence electrons. The topological polar surface area (TPSA) is 41.5 Å². The average Bonchev–Trinajstić information content (AvgIpc) is 2.45. The van der Waals surface area contributed by atoms with Crippen LogP contribution in [0.5, 0.6) is 0 Å². The Morgan fingerprint density at radius 3 is 2.55 bits per heavy atom. The molecule has 0 fully saturated rings. The van der Waals surface area contributed by atoms with Gasteiger partial charge in [-0.2, -0.15) is 5.10 Å². The van der Waals surface area contributed by atoms with Gasteiger partial charge in [-0.1, -0.05) is 47.5 Å². The average molecular weight is 307 g/mol. The van der Waals surface area contributed by atoms with E-state index < -0.39 is 0 Å². The molecule has 0 aliphatic rings. The Labute approximate surface area is 127 Å². The fourth-order valence-electron chi connectivity index (χ4n) is 1.64. The summed E-state index contributed by atoms with van der Waals surface area (Å²) in [5, 5.41) is 5.14. The summed E-state index contributed by atoms with van der Waals surface area (Å²) in [5.41, 5.74) is 4.34. The van der Waals surface area contributed by atoms with Crippen molar-refractivity contribution in [1.82, 2.24) is 5.43 Å². The van der Waals surface area contributed by atoms with E-state index in [1.54, 1.807) is 37.3 Å². The normalized spacial score (nSPS) is 11.2. The van der Waals surface area contributed by atoms with Crippen LogP contribution in [0.4, 0.5) is 0 Å². The number of carbonyl (C=O) groups is 1. The zero-order valence-corrected chi connectivity index (χ0v) is 12.2. The largest absolute Gasteiger partial charge is 0.271 e. The van der Waals surface area contributed by atoms with Crippen molar-refractivity contribution >= 4 is 34.8 Å². The van der Waals surface area contributed by atoms with E-state index in [0.29, 0.717) is 21.3 Å². The number of halogens is 2. The van der Waals surface area contributed by atoms with Crippen molar-refractivity contribution in [1.29, 1.82) is 0 Å². The van der Waals surface area contributed by atoms with Crippen LogP contribution >= 0.6 is 23.2 Å². The highest BCUT2D eigenvalue weighted by atomic mass is 35.5. The van der Waals surface area contributed by atoms with Gasteiger partial charge in [-0.25, -0.2) is 5.43 Å². The van der Waals surface area contributed by atoms with Gasteiger partial charge in [0.05, 0.1) is 5.71 Å². The molecular weight excluding hydrogens is 295 g/mol. The zero-order chi connectivity index (χ0) is 14.5. The van der Waals surface area contributed by atoms with Crippen LogP contribution in [-0.2, 0) is 0 Å². The summed E-state index contributed by atoms with van der Waals surface area (Å²) in [5.74, 6) is -0.320. The molecule has 0 aliphatic heterocycles. The first kappa shape index (κ1) is 14.6. The molecule has 0 radical (unpaired) electrons. The van der Waals surface area contributed by atoms with E-state index >= 15 is 0 Å². The smallest absolute Gasteiger partial charge is 0.267 e. The lowest BCUT2D eigenvalue weighted by atomic mass is 10.1. The van der Waals surface area contributed by atoms with Crippen LogP contribution in [0.15, 0.2) is 53.6 Å². The number of nitrogens with one attached hydrogen (secondary N) is 1. The summed E-state index contributed by atoms with van der Waals surface area (Å²) in [6, 6.07) is 14.0. The van der Waals surface area contributed by atoms with E-state index in [2.05, 4.69) is 10.5 Å². The first-order valence-corrected chi connectivity index (χ1v) is 6.68. The van der Waals surface area contributed by atoms with Crippen LogP contribution in [0, 0.1) is 0 Å². The first-order valence-electron chi connectivity index (χ1n) is 5.93. The predicted molar refractivity (Wildman–Crippen MR) is 82.6 cm³/mol. The van der Waals surface area contributed by atoms with Crippen LogP contribution in [0.1, 0.15) is 22.8 Å². The lowest BCUT2D eigenvalue weighted by Gasteiger charge is -2.05. The number of hydrogen-bond donors (Lipinski definition) is 1. The van der Waals surface area contributed by atoms with E-state index in [-0.39, 0.29) is 5.91 Å². The summed E-state index contributed by atoms with van der Waals surface area (Å²) in [6.07, 6.45) is 0. The van der Waals surface area contributed by atoms with E-state index in [1.807, 2.05) is 18.2 Å². The van der Waals surface area contributed by atoms with Crippen molar-refractivity contribution in [3.63, 3.8) is 0 Å². The molecule has 0 heterocycles. The summed E-state index contributed by atoms with van der Waals surface area (Å²) in [4.78, 5) is 11.9. The molecule has 0 aromatic heterocycles. The Morgan fingerprint density at radius 2 is 1.85 bits per heavy atom. The van der Waals surface area contributed by atoms with E-state index in [9.17, 15) is 4.79 Å². The van der Waals surface area contributed by atoms with E-state index in [0.717, 1.165) is 5.56 Å². The summed E-state index contributed by atoms with van der Waals surface area (Å²) in [7, 11) is 0. The number of hydrogen-bond acceptors (Lipinski definition) is 2. The highest BCUT2D eigenvalue weighted by Gasteiger charge is 2.06. The maximum atomic E-state index is 11.9. The van der Waals surface area contributed by atoms with Crippen molar-refractivity contribution in [3.05, 3.63) is 69.7 Å². The lowest BCUT2D eigenvalue weighted by Crippen LogP contribution is -2.19. The molecule has 5 heteroatoms. The SMILES string of the molecule is C/C(=N\NC(=O)c1cccc(Cl)c1)c1ccccc1Cl. The maximum Gasteiger partial charge on any atom is 0.271 e. The Bertz CT molecular complexity index is 668. The van der Waals surface area contributed by atoms with E-state index in [1.165, 1.54) is 0 Å². The van der Waals surface area contributed by atoms with Crippen LogP contribution in [0.25, 0.3) is 0 Å². The van der Waals surface area contributed by atoms with Gasteiger partial charge in [0.1, 0.15) is 0 Å². The predicted octanol–water partition coefficient (Wildman–Crippen LogP) is 4.15. The Balaban J connectivity index is 2.13. The molecule has 0 bridgehead atoms. The molecule has 0 saturated heterocycles. The standard InChI is InChI=1S/C15H12Cl2N2O/c1-10(13-7-2-3-8-14(13)17)18-19-15(20)11-5-4-6-12(16)9-11/h2-9H,1H3,(H,19,20)/b18-10+. The van der Waals surface area contributed by atoms with Crippen molar-refractivity contribution < 1.29 is 4.79 Å². The monoisotopic (exact) mass is 306 g/mol. The van der Waals surface area contributed by atoms with Crippen molar-refractivity contribution in [2.24, 2.45) is 5.10 Å². The second-order valence-electron chi connectivity index (χ2n) is 4.13. The molecule has 0 unspecified atom stereocenters. The van der Waals surface area contributed by atoms with Crippen molar-refractivity contribution in [2.75, 3.05) is 0 Å². The molecule has 0 spiro atoms. The first-order chi connectivity index (χ1) is 9.58. The molecule has 0 aliphatic carbocycles. The third-order valence-electron chi connectivity index (χ3n) is 2.68. The number of hydrazone groups is 1. The summed E-state index contributed by atoms with van der Waals surface area (Å²) >= 11 is 11.9. The Hall–Kier alpha value is -1.84. The van der Waals surface area contributed by atoms with Gasteiger partial charge >= 0.3 is 0 Å². The third kappa shape index (κ3) is 3.59. The maximum absolute atomic E-state index is 11.9. The van der Waals surface area contributed by atoms with Gasteiger partial charge in [-0.05, 0) is 31.2 Å². The molecule has 1 amide bonds. The van der Waals surface area contributed by atoms with Crippen molar-refractivity contribution in [2.45, 2.75) is 6.92 Å². The van der Waals surface area contributed by atoms with Gasteiger partial charge < -0.3 is 0 Å². The second-order valence-corrected chi connectivity index (χ2v) is 4.97. The van der Waals surface area contributed by atoms with Gasteiger partial charge in [-0.15, -0.1) is 0 Å². The molecule has 3 nitrogen and oxygen atoms in total. The number of nitrogens with zero attached hydrogens (tertiary/aromatic N) is 1. The lowest BCUT2D eigenvalue weighted by molar-refractivity contribution is 0.0955. The number of carbonyl (C=O) groups excluding carboxylic acids is 1. The molecular formula is C15H12Cl2N2O. The van der Waals surface area contributed by atoms with Gasteiger partial charge in [0, 0.05) is 21.2 Å². The number of rotatable bonds is 3. The third-order valence-corrected chi connectivity index (χ3v) is 3.24. The number of benzene rings is 2. The summed E-state index contributed by atoms with van der Waals surface area (Å²) in [6.45, 7) is 1.78. The van der Waals surface area contributed by atoms with Crippen LogP contribution < -0.4 is 5.43 Å². The molecule has 0 atom stereocenters. The van der Waals surface area contributed by atoms with Crippen molar-refractivity contribution in [3.8, 4) is 0 Å². The molecule has 20 heavy (non-hydrogen) atoms. The zero-order valence-electron chi connectivity index (χ0n) is 10.7. The fourth-order valence-corrected chi connectivity index (χ4v) is 2.11. The molecule has 0 saturated carbocycles. The van der Waals surface area contributed by atoms with Gasteiger partial charge in [0.15, 0.2) is 0 Å². The van der Waals surface area contributed by atoms with Crippen LogP contribution in [-0.4, -0.2) is 11.6 Å². The van der Waals surface area contributed by atoms with Gasteiger partial charge in [0.25, 0.3) is 5.91 Å². The molecule has 2 rings (SSSR count). The quantitative estimate of drug-likeness (QED) is 0.672. The minimum absolute atomic E-state index is 0.320.